The average molecular weight is 576 g/mol. The van der Waals surface area contributed by atoms with Gasteiger partial charge in [0.2, 0.25) is 0 Å². The van der Waals surface area contributed by atoms with Crippen LogP contribution in [0.1, 0.15) is 13.3 Å². The van der Waals surface area contributed by atoms with Gasteiger partial charge in [-0.1, -0.05) is 9.45 Å². The summed E-state index contributed by atoms with van der Waals surface area (Å²) < 4.78 is 57.4. The first-order valence-electron chi connectivity index (χ1n) is 8.79. The van der Waals surface area contributed by atoms with Crippen LogP contribution in [0.2, 0.25) is 0 Å². The van der Waals surface area contributed by atoms with Crippen molar-refractivity contribution in [2.75, 3.05) is 18.8 Å². The molecule has 33 heavy (non-hydrogen) atoms. The van der Waals surface area contributed by atoms with Gasteiger partial charge < -0.3 is 39.5 Å². The van der Waals surface area contributed by atoms with E-state index in [9.17, 15) is 33.4 Å². The SMILES string of the molecule is CC1=CN([C@H]2C[C@@H](OCS(C)=S)[C@@H](COP(=O)(O)OP(=O)(O)OP(=O)(O)O)O2)C(=O)NC1O. The van der Waals surface area contributed by atoms with Gasteiger partial charge in [-0.15, -0.1) is 0 Å². The summed E-state index contributed by atoms with van der Waals surface area (Å²) in [5, 5.41) is 12.0. The second kappa shape index (κ2) is 11.3. The number of nitrogens with one attached hydrogen (secondary N) is 1. The lowest BCUT2D eigenvalue weighted by Gasteiger charge is -2.32. The summed E-state index contributed by atoms with van der Waals surface area (Å²) in [4.78, 5) is 49.4. The number of rotatable bonds is 11. The molecule has 1 saturated heterocycles. The Kier molecular flexibility index (Phi) is 9.96. The van der Waals surface area contributed by atoms with Crippen molar-refractivity contribution in [1.82, 2.24) is 10.2 Å². The summed E-state index contributed by atoms with van der Waals surface area (Å²) in [7, 11) is -17.1. The molecule has 21 heteroatoms. The lowest BCUT2D eigenvalue weighted by molar-refractivity contribution is -0.0624. The third-order valence-electron chi connectivity index (χ3n) is 4.03. The molecule has 0 bridgehead atoms. The molecule has 0 aromatic rings. The second-order valence-electron chi connectivity index (χ2n) is 6.78. The van der Waals surface area contributed by atoms with Gasteiger partial charge in [0, 0.05) is 12.6 Å². The third kappa shape index (κ3) is 9.44. The lowest BCUT2D eigenvalue weighted by Crippen LogP contribution is -2.51. The van der Waals surface area contributed by atoms with E-state index in [1.54, 1.807) is 13.2 Å². The van der Waals surface area contributed by atoms with Crippen molar-refractivity contribution in [3.63, 3.8) is 0 Å². The number of aliphatic hydroxyl groups excluding tert-OH is 1. The minimum atomic E-state index is -5.67. The molecule has 2 aliphatic heterocycles. The molecule has 2 amide bonds. The zero-order valence-corrected chi connectivity index (χ0v) is 21.3. The standard InChI is InChI=1S/C12H23N2O14P3S2/c1-7-4-14(12(16)13-11(7)15)10-3-8(24-6-33(2)32)9(26-10)5-25-30(20,21)28-31(22,23)27-29(17,18)19/h4,8-11,15H,3,5-6H2,1-2H3,(H,13,16)(H,20,21)(H,22,23)(H2,17,18,19)/t8-,9-,10-,11?,33?/m1/s1. The molecule has 16 nitrogen and oxygen atoms in total. The van der Waals surface area contributed by atoms with Crippen LogP contribution in [-0.4, -0.2) is 79.1 Å². The molecular weight excluding hydrogens is 553 g/mol. The molecule has 0 radical (unpaired) electrons. The van der Waals surface area contributed by atoms with E-state index >= 15 is 0 Å². The van der Waals surface area contributed by atoms with Crippen LogP contribution in [0, 0.1) is 0 Å². The van der Waals surface area contributed by atoms with Gasteiger partial charge in [0.1, 0.15) is 12.3 Å². The number of ether oxygens (including phenoxy) is 2. The highest BCUT2D eigenvalue weighted by Gasteiger charge is 2.45. The third-order valence-corrected chi connectivity index (χ3v) is 8.58. The van der Waals surface area contributed by atoms with Gasteiger partial charge in [0.15, 0.2) is 6.23 Å². The first-order chi connectivity index (χ1) is 15.0. The summed E-state index contributed by atoms with van der Waals surface area (Å²) in [5.74, 6) is 0.113. The van der Waals surface area contributed by atoms with Crippen molar-refractivity contribution < 1.29 is 65.8 Å². The molecule has 2 heterocycles. The van der Waals surface area contributed by atoms with Crippen LogP contribution in [0.3, 0.4) is 0 Å². The number of carbonyl (C=O) groups is 1. The maximum Gasteiger partial charge on any atom is 0.490 e. The molecule has 2 rings (SSSR count). The van der Waals surface area contributed by atoms with Gasteiger partial charge in [0.25, 0.3) is 0 Å². The van der Waals surface area contributed by atoms with E-state index in [4.69, 9.17) is 30.4 Å². The van der Waals surface area contributed by atoms with Crippen molar-refractivity contribution in [3.05, 3.63) is 11.8 Å². The summed E-state index contributed by atoms with van der Waals surface area (Å²) >= 11 is 5.06. The number of phosphoric ester groups is 1. The summed E-state index contributed by atoms with van der Waals surface area (Å²) in [6, 6.07) is -0.677. The van der Waals surface area contributed by atoms with Crippen LogP contribution >= 0.6 is 23.5 Å². The number of hydrogen-bond donors (Lipinski definition) is 6. The predicted molar refractivity (Wildman–Crippen MR) is 114 cm³/mol. The van der Waals surface area contributed by atoms with Crippen LogP contribution in [0.4, 0.5) is 4.79 Å². The fraction of sp³-hybridized carbons (Fsp3) is 0.750. The second-order valence-corrected chi connectivity index (χ2v) is 14.3. The number of phosphoric acid groups is 3. The molecule has 0 aromatic heterocycles. The Hall–Kier alpha value is -0.130. The van der Waals surface area contributed by atoms with E-state index in [-0.39, 0.29) is 12.4 Å². The maximum absolute atomic E-state index is 12.2. The minimum Gasteiger partial charge on any atom is -0.370 e. The van der Waals surface area contributed by atoms with Crippen LogP contribution in [0.5, 0.6) is 0 Å². The predicted octanol–water partition coefficient (Wildman–Crippen LogP) is -0.255. The van der Waals surface area contributed by atoms with E-state index in [0.717, 1.165) is 4.90 Å². The van der Waals surface area contributed by atoms with Crippen LogP contribution < -0.4 is 5.32 Å². The smallest absolute Gasteiger partial charge is 0.370 e. The van der Waals surface area contributed by atoms with Crippen molar-refractivity contribution in [1.29, 1.82) is 0 Å². The monoisotopic (exact) mass is 576 g/mol. The average Bonchev–Trinajstić information content (AvgIpc) is 3.01. The van der Waals surface area contributed by atoms with Gasteiger partial charge in [-0.2, -0.15) is 8.62 Å². The van der Waals surface area contributed by atoms with Crippen LogP contribution in [-0.2, 0) is 57.0 Å². The molecule has 4 unspecified atom stereocenters. The molecule has 6 N–H and O–H groups in total. The van der Waals surface area contributed by atoms with E-state index in [1.165, 1.54) is 6.20 Å². The maximum atomic E-state index is 12.2. The van der Waals surface area contributed by atoms with E-state index < -0.39 is 70.2 Å². The van der Waals surface area contributed by atoms with E-state index in [1.807, 2.05) is 0 Å². The molecule has 192 valence electrons. The van der Waals surface area contributed by atoms with Crippen LogP contribution in [0.25, 0.3) is 0 Å². The highest BCUT2D eigenvalue weighted by Crippen LogP contribution is 2.66. The first kappa shape index (κ1) is 29.1. The number of aliphatic hydroxyl groups is 1. The molecule has 0 saturated carbocycles. The Morgan fingerprint density at radius 3 is 2.45 bits per heavy atom. The molecule has 0 aromatic carbocycles. The number of amides is 2. The molecule has 2 aliphatic rings. The number of hydrogen-bond acceptors (Lipinski definition) is 11. The molecular formula is C12H23N2O14P3S2. The normalized spacial score (nSPS) is 30.8. The van der Waals surface area contributed by atoms with Crippen molar-refractivity contribution in [2.24, 2.45) is 0 Å². The largest absolute Gasteiger partial charge is 0.490 e. The zero-order valence-electron chi connectivity index (χ0n) is 17.0. The fourth-order valence-electron chi connectivity index (χ4n) is 2.72. The van der Waals surface area contributed by atoms with Crippen molar-refractivity contribution in [3.8, 4) is 0 Å². The summed E-state index contributed by atoms with van der Waals surface area (Å²) in [6.07, 6.45) is -0.853. The van der Waals surface area contributed by atoms with Crippen molar-refractivity contribution in [2.45, 2.75) is 38.0 Å². The van der Waals surface area contributed by atoms with Gasteiger partial charge in [-0.05, 0) is 29.9 Å². The van der Waals surface area contributed by atoms with Gasteiger partial charge in [0.05, 0.1) is 18.6 Å². The Labute approximate surface area is 194 Å². The first-order valence-corrected chi connectivity index (χ1v) is 16.0. The molecule has 7 atom stereocenters. The quantitative estimate of drug-likeness (QED) is 0.174. The van der Waals surface area contributed by atoms with Crippen LogP contribution in [0.15, 0.2) is 11.8 Å². The Bertz CT molecular complexity index is 942. The summed E-state index contributed by atoms with van der Waals surface area (Å²) in [5.41, 5.74) is 0.410. The topological polar surface area (TPSA) is 231 Å². The Morgan fingerprint density at radius 1 is 1.24 bits per heavy atom. The minimum absolute atomic E-state index is 0.0737. The van der Waals surface area contributed by atoms with E-state index in [2.05, 4.69) is 18.5 Å². The zero-order chi connectivity index (χ0) is 25.2. The lowest BCUT2D eigenvalue weighted by atomic mass is 10.1. The number of urea groups is 1. The highest BCUT2D eigenvalue weighted by molar-refractivity contribution is 8.28. The van der Waals surface area contributed by atoms with E-state index in [0.29, 0.717) is 5.57 Å². The number of nitrogens with zero attached hydrogens (tertiary/aromatic N) is 1. The summed E-state index contributed by atoms with van der Waals surface area (Å²) in [6.45, 7) is 0.813. The molecule has 0 spiro atoms. The van der Waals surface area contributed by atoms with Crippen molar-refractivity contribution >= 4 is 50.1 Å². The molecule has 1 fully saturated rings. The Morgan fingerprint density at radius 2 is 1.88 bits per heavy atom. The Balaban J connectivity index is 2.09. The van der Waals surface area contributed by atoms with Gasteiger partial charge in [-0.3, -0.25) is 9.42 Å². The molecule has 0 aliphatic carbocycles. The van der Waals surface area contributed by atoms with Gasteiger partial charge >= 0.3 is 29.5 Å². The highest BCUT2D eigenvalue weighted by atomic mass is 32.8. The number of carbonyl (C=O) groups excluding carboxylic acids is 1. The van der Waals surface area contributed by atoms with Gasteiger partial charge in [-0.25, -0.2) is 18.5 Å². The fourth-order valence-corrected chi connectivity index (χ4v) is 6.28.